The molecule has 3 aromatic heterocycles. The summed E-state index contributed by atoms with van der Waals surface area (Å²) in [6.07, 6.45) is 6.41. The van der Waals surface area contributed by atoms with Gasteiger partial charge in [0.2, 0.25) is 0 Å². The molecular formula is C19H26N8. The van der Waals surface area contributed by atoms with Crippen molar-refractivity contribution >= 4 is 11.3 Å². The lowest BCUT2D eigenvalue weighted by atomic mass is 10.2. The Labute approximate surface area is 158 Å². The standard InChI is InChI=1S/C19H26N8/c1-3-26-14(2)16(11-20-26)13-24-6-8-25(9-7-24)17-10-18-22-23-19(15-4-5-15)27(18)21-12-17/h10-12,15H,3-9,13H2,1-2H3. The number of aromatic nitrogens is 6. The quantitative estimate of drug-likeness (QED) is 0.686. The molecule has 1 aliphatic heterocycles. The van der Waals surface area contributed by atoms with E-state index < -0.39 is 0 Å². The summed E-state index contributed by atoms with van der Waals surface area (Å²) < 4.78 is 3.98. The van der Waals surface area contributed by atoms with Crippen LogP contribution in [0.25, 0.3) is 5.65 Å². The summed E-state index contributed by atoms with van der Waals surface area (Å²) in [6, 6.07) is 2.12. The Bertz CT molecular complexity index is 946. The van der Waals surface area contributed by atoms with Gasteiger partial charge in [-0.2, -0.15) is 14.7 Å². The molecule has 3 aromatic rings. The fourth-order valence-electron chi connectivity index (χ4n) is 3.93. The number of anilines is 1. The van der Waals surface area contributed by atoms with Gasteiger partial charge >= 0.3 is 0 Å². The van der Waals surface area contributed by atoms with Gasteiger partial charge in [-0.3, -0.25) is 9.58 Å². The van der Waals surface area contributed by atoms with Gasteiger partial charge in [0.05, 0.1) is 18.1 Å². The second kappa shape index (κ2) is 6.60. The predicted molar refractivity (Wildman–Crippen MR) is 103 cm³/mol. The highest BCUT2D eigenvalue weighted by Gasteiger charge is 2.29. The minimum Gasteiger partial charge on any atom is -0.368 e. The van der Waals surface area contributed by atoms with Crippen LogP contribution < -0.4 is 4.90 Å². The first-order chi connectivity index (χ1) is 13.2. The van der Waals surface area contributed by atoms with Crippen molar-refractivity contribution in [2.24, 2.45) is 0 Å². The Balaban J connectivity index is 1.24. The van der Waals surface area contributed by atoms with Crippen LogP contribution in [0.3, 0.4) is 0 Å². The van der Waals surface area contributed by atoms with E-state index in [1.807, 2.05) is 16.9 Å². The van der Waals surface area contributed by atoms with Gasteiger partial charge < -0.3 is 4.90 Å². The molecule has 0 radical (unpaired) electrons. The molecule has 2 aliphatic rings. The molecule has 4 heterocycles. The van der Waals surface area contributed by atoms with Gasteiger partial charge in [-0.15, -0.1) is 10.2 Å². The minimum absolute atomic E-state index is 0.558. The lowest BCUT2D eigenvalue weighted by Gasteiger charge is -2.35. The summed E-state index contributed by atoms with van der Waals surface area (Å²) in [5.41, 5.74) is 4.63. The number of fused-ring (bicyclic) bond motifs is 1. The van der Waals surface area contributed by atoms with E-state index in [-0.39, 0.29) is 0 Å². The molecule has 0 spiro atoms. The number of nitrogens with zero attached hydrogens (tertiary/aromatic N) is 8. The van der Waals surface area contributed by atoms with E-state index in [0.29, 0.717) is 5.92 Å². The van der Waals surface area contributed by atoms with Gasteiger partial charge in [0.15, 0.2) is 11.5 Å². The molecule has 0 aromatic carbocycles. The molecule has 0 unspecified atom stereocenters. The zero-order valence-electron chi connectivity index (χ0n) is 16.0. The zero-order chi connectivity index (χ0) is 18.4. The van der Waals surface area contributed by atoms with E-state index in [0.717, 1.165) is 56.4 Å². The van der Waals surface area contributed by atoms with Crippen molar-refractivity contribution in [3.63, 3.8) is 0 Å². The van der Waals surface area contributed by atoms with Crippen LogP contribution in [0.1, 0.15) is 42.8 Å². The van der Waals surface area contributed by atoms with Crippen LogP contribution in [0.2, 0.25) is 0 Å². The summed E-state index contributed by atoms with van der Waals surface area (Å²) in [6.45, 7) is 10.3. The van der Waals surface area contributed by atoms with E-state index in [1.54, 1.807) is 0 Å². The van der Waals surface area contributed by atoms with E-state index in [2.05, 4.69) is 54.8 Å². The second-order valence-electron chi connectivity index (χ2n) is 7.65. The average molecular weight is 366 g/mol. The highest BCUT2D eigenvalue weighted by Crippen LogP contribution is 2.38. The van der Waals surface area contributed by atoms with Crippen molar-refractivity contribution < 1.29 is 0 Å². The maximum absolute atomic E-state index is 4.61. The summed E-state index contributed by atoms with van der Waals surface area (Å²) in [7, 11) is 0. The van der Waals surface area contributed by atoms with Gasteiger partial charge in [-0.05, 0) is 26.7 Å². The number of piperazine rings is 1. The van der Waals surface area contributed by atoms with Gasteiger partial charge in [-0.1, -0.05) is 0 Å². The second-order valence-corrected chi connectivity index (χ2v) is 7.65. The number of hydrogen-bond donors (Lipinski definition) is 0. The van der Waals surface area contributed by atoms with Crippen LogP contribution in [0.4, 0.5) is 5.69 Å². The van der Waals surface area contributed by atoms with E-state index in [1.165, 1.54) is 24.1 Å². The molecule has 27 heavy (non-hydrogen) atoms. The lowest BCUT2D eigenvalue weighted by molar-refractivity contribution is 0.249. The third-order valence-corrected chi connectivity index (χ3v) is 5.85. The summed E-state index contributed by atoms with van der Waals surface area (Å²) >= 11 is 0. The number of rotatable bonds is 5. The maximum Gasteiger partial charge on any atom is 0.179 e. The fraction of sp³-hybridized carbons (Fsp3) is 0.579. The molecule has 0 atom stereocenters. The predicted octanol–water partition coefficient (Wildman–Crippen LogP) is 1.85. The minimum atomic E-state index is 0.558. The molecule has 5 rings (SSSR count). The average Bonchev–Trinajstić information content (AvgIpc) is 3.36. The highest BCUT2D eigenvalue weighted by atomic mass is 15.4. The molecule has 0 amide bonds. The Morgan fingerprint density at radius 3 is 2.56 bits per heavy atom. The topological polar surface area (TPSA) is 67.4 Å². The van der Waals surface area contributed by atoms with Crippen molar-refractivity contribution in [3.05, 3.63) is 35.5 Å². The molecule has 1 saturated heterocycles. The van der Waals surface area contributed by atoms with Crippen LogP contribution in [-0.2, 0) is 13.1 Å². The molecule has 8 nitrogen and oxygen atoms in total. The normalized spacial score (nSPS) is 18.5. The summed E-state index contributed by atoms with van der Waals surface area (Å²) in [5.74, 6) is 1.58. The van der Waals surface area contributed by atoms with E-state index in [9.17, 15) is 0 Å². The van der Waals surface area contributed by atoms with Crippen molar-refractivity contribution in [1.82, 2.24) is 34.5 Å². The third kappa shape index (κ3) is 3.07. The Morgan fingerprint density at radius 1 is 1.04 bits per heavy atom. The fourth-order valence-corrected chi connectivity index (χ4v) is 3.93. The highest BCUT2D eigenvalue weighted by molar-refractivity contribution is 5.54. The SMILES string of the molecule is CCn1ncc(CN2CCN(c3cnn4c(C5CC5)nnc4c3)CC2)c1C. The molecule has 8 heteroatoms. The van der Waals surface area contributed by atoms with Crippen molar-refractivity contribution in [1.29, 1.82) is 0 Å². The molecule has 142 valence electrons. The van der Waals surface area contributed by atoms with Crippen molar-refractivity contribution in [2.75, 3.05) is 31.1 Å². The Kier molecular flexibility index (Phi) is 4.07. The van der Waals surface area contributed by atoms with Crippen LogP contribution >= 0.6 is 0 Å². The monoisotopic (exact) mass is 366 g/mol. The van der Waals surface area contributed by atoms with Crippen molar-refractivity contribution in [2.45, 2.75) is 45.7 Å². The summed E-state index contributed by atoms with van der Waals surface area (Å²) in [5, 5.41) is 17.7. The van der Waals surface area contributed by atoms with Gasteiger partial charge in [0.25, 0.3) is 0 Å². The Hall–Kier alpha value is -2.48. The largest absolute Gasteiger partial charge is 0.368 e. The van der Waals surface area contributed by atoms with Crippen LogP contribution in [-0.4, -0.2) is 60.7 Å². The van der Waals surface area contributed by atoms with Crippen LogP contribution in [0.15, 0.2) is 18.5 Å². The van der Waals surface area contributed by atoms with Crippen LogP contribution in [0, 0.1) is 6.92 Å². The molecule has 0 N–H and O–H groups in total. The van der Waals surface area contributed by atoms with Gasteiger partial charge in [-0.25, -0.2) is 0 Å². The number of aryl methyl sites for hydroxylation is 1. The molecule has 1 saturated carbocycles. The third-order valence-electron chi connectivity index (χ3n) is 5.85. The zero-order valence-corrected chi connectivity index (χ0v) is 16.0. The van der Waals surface area contributed by atoms with Crippen molar-refractivity contribution in [3.8, 4) is 0 Å². The first-order valence-corrected chi connectivity index (χ1v) is 9.93. The maximum atomic E-state index is 4.61. The molecular weight excluding hydrogens is 340 g/mol. The molecule has 0 bridgehead atoms. The van der Waals surface area contributed by atoms with Gasteiger partial charge in [0, 0.05) is 62.5 Å². The first kappa shape index (κ1) is 16.7. The van der Waals surface area contributed by atoms with Gasteiger partial charge in [0.1, 0.15) is 0 Å². The van der Waals surface area contributed by atoms with Crippen LogP contribution in [0.5, 0.6) is 0 Å². The van der Waals surface area contributed by atoms with E-state index >= 15 is 0 Å². The number of hydrogen-bond acceptors (Lipinski definition) is 6. The smallest absolute Gasteiger partial charge is 0.179 e. The van der Waals surface area contributed by atoms with E-state index in [4.69, 9.17) is 0 Å². The Morgan fingerprint density at radius 2 is 1.85 bits per heavy atom. The first-order valence-electron chi connectivity index (χ1n) is 9.93. The lowest BCUT2D eigenvalue weighted by Crippen LogP contribution is -2.46. The molecule has 1 aliphatic carbocycles. The molecule has 2 fully saturated rings. The summed E-state index contributed by atoms with van der Waals surface area (Å²) in [4.78, 5) is 4.91.